The second kappa shape index (κ2) is 21.4. The molecule has 0 bridgehead atoms. The van der Waals surface area contributed by atoms with Gasteiger partial charge in [0.1, 0.15) is 0 Å². The molecule has 0 unspecified atom stereocenters. The summed E-state index contributed by atoms with van der Waals surface area (Å²) >= 11 is 9.54. The van der Waals surface area contributed by atoms with Gasteiger partial charge in [-0.25, -0.2) is 3.29 Å². The molecule has 0 saturated carbocycles. The standard InChI is InChI=1S/C24H52NS2/c1-3-5-7-9-11-13-15-17-19-21-23-25(26,27)24-22-20-18-16-14-12-10-8-6-4-2/h26-27H,3-24H2,1-2H3/q+1. The molecule has 0 atom stereocenters. The summed E-state index contributed by atoms with van der Waals surface area (Å²) < 4.78 is 0.633. The molecule has 0 aliphatic rings. The fourth-order valence-corrected chi connectivity index (χ4v) is 4.38. The minimum atomic E-state index is 0.633. The van der Waals surface area contributed by atoms with Crippen LogP contribution in [0.2, 0.25) is 0 Å². The Morgan fingerprint density at radius 2 is 0.593 bits per heavy atom. The van der Waals surface area contributed by atoms with Gasteiger partial charge in [0.05, 0.1) is 38.7 Å². The predicted molar refractivity (Wildman–Crippen MR) is 132 cm³/mol. The lowest BCUT2D eigenvalue weighted by Gasteiger charge is -2.24. The second-order valence-corrected chi connectivity index (χ2v) is 10.5. The van der Waals surface area contributed by atoms with Crippen LogP contribution in [-0.2, 0) is 0 Å². The van der Waals surface area contributed by atoms with Crippen LogP contribution in [-0.4, -0.2) is 16.4 Å². The molecule has 0 aliphatic carbocycles. The van der Waals surface area contributed by atoms with Crippen molar-refractivity contribution in [2.45, 2.75) is 142 Å². The number of unbranched alkanes of at least 4 members (excludes halogenated alkanes) is 18. The molecule has 0 N–H and O–H groups in total. The van der Waals surface area contributed by atoms with Crippen LogP contribution in [0, 0.1) is 0 Å². The van der Waals surface area contributed by atoms with Gasteiger partial charge in [-0.3, -0.25) is 0 Å². The zero-order valence-corrected chi connectivity index (χ0v) is 20.7. The Morgan fingerprint density at radius 1 is 0.370 bits per heavy atom. The predicted octanol–water partition coefficient (Wildman–Crippen LogP) is 9.33. The molecule has 0 aromatic heterocycles. The quantitative estimate of drug-likeness (QED) is 0.0976. The highest BCUT2D eigenvalue weighted by molar-refractivity contribution is 7.87. The molecule has 0 aliphatic heterocycles. The van der Waals surface area contributed by atoms with Gasteiger partial charge in [0.2, 0.25) is 0 Å². The van der Waals surface area contributed by atoms with Gasteiger partial charge in [-0.05, 0) is 25.7 Å². The molecule has 3 heteroatoms. The number of nitrogens with zero attached hydrogens (tertiary/aromatic N) is 1. The van der Waals surface area contributed by atoms with Crippen LogP contribution in [0.15, 0.2) is 0 Å². The minimum absolute atomic E-state index is 0.633. The van der Waals surface area contributed by atoms with Gasteiger partial charge in [-0.1, -0.05) is 117 Å². The molecule has 0 rings (SSSR count). The Labute approximate surface area is 184 Å². The third-order valence-electron chi connectivity index (χ3n) is 5.74. The first-order chi connectivity index (χ1) is 13.1. The summed E-state index contributed by atoms with van der Waals surface area (Å²) in [6.45, 7) is 6.80. The Morgan fingerprint density at radius 3 is 0.852 bits per heavy atom. The molecule has 0 radical (unpaired) electrons. The smallest absolute Gasteiger partial charge is 0.0998 e. The summed E-state index contributed by atoms with van der Waals surface area (Å²) in [5, 5.41) is 0. The topological polar surface area (TPSA) is 0 Å². The van der Waals surface area contributed by atoms with Crippen molar-refractivity contribution in [3.05, 3.63) is 0 Å². The summed E-state index contributed by atoms with van der Waals surface area (Å²) in [7, 11) is 0. The zero-order valence-electron chi connectivity index (χ0n) is 18.9. The third-order valence-corrected chi connectivity index (χ3v) is 6.54. The van der Waals surface area contributed by atoms with Crippen molar-refractivity contribution >= 4 is 25.6 Å². The van der Waals surface area contributed by atoms with E-state index in [1.807, 2.05) is 0 Å². The summed E-state index contributed by atoms with van der Waals surface area (Å²) in [4.78, 5) is 0. The van der Waals surface area contributed by atoms with Crippen LogP contribution in [0.1, 0.15) is 142 Å². The van der Waals surface area contributed by atoms with Gasteiger partial charge < -0.3 is 0 Å². The van der Waals surface area contributed by atoms with Crippen molar-refractivity contribution in [1.29, 1.82) is 0 Å². The Kier molecular flexibility index (Phi) is 21.9. The van der Waals surface area contributed by atoms with Crippen molar-refractivity contribution in [1.82, 2.24) is 0 Å². The lowest BCUT2D eigenvalue weighted by molar-refractivity contribution is -0.641. The monoisotopic (exact) mass is 418 g/mol. The van der Waals surface area contributed by atoms with E-state index in [4.69, 9.17) is 25.6 Å². The highest BCUT2D eigenvalue weighted by atomic mass is 32.2. The second-order valence-electron chi connectivity index (χ2n) is 8.69. The SMILES string of the molecule is CCCCCCCCCCCC[N+](S)(S)CCCCCCCCCCCC. The fourth-order valence-electron chi connectivity index (χ4n) is 3.82. The fraction of sp³-hybridized carbons (Fsp3) is 1.00. The van der Waals surface area contributed by atoms with Crippen molar-refractivity contribution in [2.24, 2.45) is 0 Å². The summed E-state index contributed by atoms with van der Waals surface area (Å²) in [5.41, 5.74) is 0. The lowest BCUT2D eigenvalue weighted by atomic mass is 10.1. The highest BCUT2D eigenvalue weighted by Gasteiger charge is 2.17. The van der Waals surface area contributed by atoms with Crippen LogP contribution in [0.3, 0.4) is 0 Å². The van der Waals surface area contributed by atoms with Crippen LogP contribution >= 0.6 is 25.6 Å². The van der Waals surface area contributed by atoms with Gasteiger partial charge >= 0.3 is 0 Å². The van der Waals surface area contributed by atoms with Crippen LogP contribution in [0.5, 0.6) is 0 Å². The number of hydrogen-bond donors (Lipinski definition) is 2. The Bertz CT molecular complexity index is 256. The van der Waals surface area contributed by atoms with Crippen LogP contribution in [0.4, 0.5) is 0 Å². The van der Waals surface area contributed by atoms with E-state index in [0.717, 1.165) is 13.1 Å². The maximum absolute atomic E-state index is 4.77. The maximum atomic E-state index is 4.77. The summed E-state index contributed by atoms with van der Waals surface area (Å²) in [6, 6.07) is 0. The summed E-state index contributed by atoms with van der Waals surface area (Å²) in [6.07, 6.45) is 28.0. The third kappa shape index (κ3) is 22.8. The first-order valence-electron chi connectivity index (χ1n) is 12.4. The van der Waals surface area contributed by atoms with Crippen LogP contribution in [0.25, 0.3) is 0 Å². The maximum Gasteiger partial charge on any atom is 0.0998 e. The average Bonchev–Trinajstić information content (AvgIpc) is 2.64. The average molecular weight is 419 g/mol. The summed E-state index contributed by atoms with van der Waals surface area (Å²) in [5.74, 6) is 0. The number of rotatable bonds is 22. The molecular formula is C24H52NS2+. The molecule has 27 heavy (non-hydrogen) atoms. The number of quaternary nitrogens is 1. The van der Waals surface area contributed by atoms with Gasteiger partial charge in [0.15, 0.2) is 0 Å². The van der Waals surface area contributed by atoms with Crippen molar-refractivity contribution < 1.29 is 3.29 Å². The molecule has 0 saturated heterocycles. The molecular weight excluding hydrogens is 366 g/mol. The van der Waals surface area contributed by atoms with E-state index in [1.165, 1.54) is 128 Å². The van der Waals surface area contributed by atoms with E-state index < -0.39 is 0 Å². The highest BCUT2D eigenvalue weighted by Crippen LogP contribution is 2.21. The normalized spacial score (nSPS) is 12.0. The van der Waals surface area contributed by atoms with E-state index in [9.17, 15) is 0 Å². The minimum Gasteiger partial charge on any atom is -0.206 e. The van der Waals surface area contributed by atoms with E-state index >= 15 is 0 Å². The van der Waals surface area contributed by atoms with Crippen molar-refractivity contribution in [3.8, 4) is 0 Å². The largest absolute Gasteiger partial charge is 0.206 e. The van der Waals surface area contributed by atoms with Crippen molar-refractivity contribution in [3.63, 3.8) is 0 Å². The van der Waals surface area contributed by atoms with Crippen LogP contribution < -0.4 is 0 Å². The van der Waals surface area contributed by atoms with Gasteiger partial charge in [-0.2, -0.15) is 0 Å². The first-order valence-corrected chi connectivity index (χ1v) is 13.2. The van der Waals surface area contributed by atoms with E-state index in [0.29, 0.717) is 3.29 Å². The lowest BCUT2D eigenvalue weighted by Crippen LogP contribution is -2.29. The Hall–Kier alpha value is 0.660. The number of thiol groups is 2. The molecule has 0 aromatic carbocycles. The molecule has 0 heterocycles. The van der Waals surface area contributed by atoms with E-state index in [2.05, 4.69) is 13.8 Å². The molecule has 164 valence electrons. The van der Waals surface area contributed by atoms with E-state index in [1.54, 1.807) is 0 Å². The first kappa shape index (κ1) is 27.7. The molecule has 0 fully saturated rings. The Balaban J connectivity index is 3.31. The zero-order chi connectivity index (χ0) is 20.1. The van der Waals surface area contributed by atoms with Gasteiger partial charge in [0.25, 0.3) is 0 Å². The molecule has 0 aromatic rings. The van der Waals surface area contributed by atoms with E-state index in [-0.39, 0.29) is 0 Å². The van der Waals surface area contributed by atoms with Crippen molar-refractivity contribution in [2.75, 3.05) is 13.1 Å². The molecule has 0 amide bonds. The molecule has 1 nitrogen and oxygen atoms in total. The molecule has 0 spiro atoms. The van der Waals surface area contributed by atoms with Gasteiger partial charge in [0, 0.05) is 0 Å². The number of hydrogen-bond acceptors (Lipinski definition) is 2. The van der Waals surface area contributed by atoms with Gasteiger partial charge in [-0.15, -0.1) is 0 Å².